The highest BCUT2D eigenvalue weighted by Crippen LogP contribution is 2.22. The molecule has 1 atom stereocenters. The third-order valence-electron chi connectivity index (χ3n) is 3.53. The first-order valence-electron chi connectivity index (χ1n) is 6.56. The molecule has 0 aromatic carbocycles. The molecule has 1 aliphatic heterocycles. The largest absolute Gasteiger partial charge is 0.381 e. The number of hydrogen-bond acceptors (Lipinski definition) is 5. The molecule has 0 radical (unpaired) electrons. The lowest BCUT2D eigenvalue weighted by Gasteiger charge is -2.29. The first-order valence-corrected chi connectivity index (χ1v) is 6.56. The molecule has 0 aliphatic carbocycles. The van der Waals surface area contributed by atoms with Crippen LogP contribution < -0.4 is 10.6 Å². The number of ether oxygens (including phenoxy) is 1. The molecule has 18 heavy (non-hydrogen) atoms. The fraction of sp³-hybridized carbons (Fsp3) is 0.692. The van der Waals surface area contributed by atoms with Crippen molar-refractivity contribution in [2.45, 2.75) is 32.7 Å². The number of aryl methyl sites for hydroxylation is 1. The Labute approximate surface area is 108 Å². The summed E-state index contributed by atoms with van der Waals surface area (Å²) in [7, 11) is 1.83. The van der Waals surface area contributed by atoms with Gasteiger partial charge in [-0.25, -0.2) is 4.98 Å². The molecule has 1 fully saturated rings. The van der Waals surface area contributed by atoms with E-state index in [1.807, 2.05) is 20.2 Å². The molecule has 2 heterocycles. The molecule has 1 aliphatic rings. The van der Waals surface area contributed by atoms with Crippen LogP contribution in [-0.2, 0) is 4.74 Å². The van der Waals surface area contributed by atoms with Crippen molar-refractivity contribution in [3.63, 3.8) is 0 Å². The normalized spacial score (nSPS) is 18.4. The minimum Gasteiger partial charge on any atom is -0.381 e. The number of rotatable bonds is 4. The summed E-state index contributed by atoms with van der Waals surface area (Å²) in [5.41, 5.74) is 1.08. The Morgan fingerprint density at radius 2 is 2.11 bits per heavy atom. The monoisotopic (exact) mass is 250 g/mol. The summed E-state index contributed by atoms with van der Waals surface area (Å²) in [6.07, 6.45) is 4.09. The quantitative estimate of drug-likeness (QED) is 0.856. The predicted molar refractivity (Wildman–Crippen MR) is 72.9 cm³/mol. The SMILES string of the molecule is CNc1ncc(C)c(NC(C)C2CCOCC2)n1. The van der Waals surface area contributed by atoms with E-state index in [1.54, 1.807) is 0 Å². The Morgan fingerprint density at radius 1 is 1.39 bits per heavy atom. The van der Waals surface area contributed by atoms with Crippen LogP contribution in [0.5, 0.6) is 0 Å². The van der Waals surface area contributed by atoms with Gasteiger partial charge in [0, 0.05) is 38.1 Å². The van der Waals surface area contributed by atoms with Gasteiger partial charge in [0.05, 0.1) is 0 Å². The smallest absolute Gasteiger partial charge is 0.224 e. The number of hydrogen-bond donors (Lipinski definition) is 2. The van der Waals surface area contributed by atoms with Crippen LogP contribution in [0.2, 0.25) is 0 Å². The van der Waals surface area contributed by atoms with Gasteiger partial charge in [-0.1, -0.05) is 0 Å². The van der Waals surface area contributed by atoms with E-state index in [0.29, 0.717) is 17.9 Å². The van der Waals surface area contributed by atoms with Crippen molar-refractivity contribution < 1.29 is 4.74 Å². The summed E-state index contributed by atoms with van der Waals surface area (Å²) >= 11 is 0. The van der Waals surface area contributed by atoms with Gasteiger partial charge in [0.1, 0.15) is 5.82 Å². The third-order valence-corrected chi connectivity index (χ3v) is 3.53. The molecule has 1 aromatic heterocycles. The lowest BCUT2D eigenvalue weighted by molar-refractivity contribution is 0.0622. The topological polar surface area (TPSA) is 59.1 Å². The van der Waals surface area contributed by atoms with Crippen molar-refractivity contribution >= 4 is 11.8 Å². The molecule has 1 unspecified atom stereocenters. The standard InChI is InChI=1S/C13H22N4O/c1-9-8-15-13(14-3)17-12(9)16-10(2)11-4-6-18-7-5-11/h8,10-11H,4-7H2,1-3H3,(H2,14,15,16,17). The van der Waals surface area contributed by atoms with E-state index in [4.69, 9.17) is 4.74 Å². The molecule has 0 saturated carbocycles. The molecule has 100 valence electrons. The van der Waals surface area contributed by atoms with Crippen LogP contribution in [0.1, 0.15) is 25.3 Å². The summed E-state index contributed by atoms with van der Waals surface area (Å²) in [4.78, 5) is 8.66. The van der Waals surface area contributed by atoms with Crippen LogP contribution in [0.3, 0.4) is 0 Å². The minimum absolute atomic E-state index is 0.409. The highest BCUT2D eigenvalue weighted by atomic mass is 16.5. The molecule has 0 bridgehead atoms. The Kier molecular flexibility index (Phi) is 4.36. The van der Waals surface area contributed by atoms with Gasteiger partial charge >= 0.3 is 0 Å². The van der Waals surface area contributed by atoms with Crippen molar-refractivity contribution in [3.05, 3.63) is 11.8 Å². The van der Waals surface area contributed by atoms with Gasteiger partial charge in [-0.3, -0.25) is 0 Å². The van der Waals surface area contributed by atoms with E-state index >= 15 is 0 Å². The van der Waals surface area contributed by atoms with E-state index in [9.17, 15) is 0 Å². The molecule has 5 nitrogen and oxygen atoms in total. The number of anilines is 2. The Morgan fingerprint density at radius 3 is 2.78 bits per heavy atom. The number of nitrogens with one attached hydrogen (secondary N) is 2. The summed E-state index contributed by atoms with van der Waals surface area (Å²) < 4.78 is 5.40. The van der Waals surface area contributed by atoms with Crippen molar-refractivity contribution in [1.29, 1.82) is 0 Å². The maximum Gasteiger partial charge on any atom is 0.224 e. The fourth-order valence-corrected chi connectivity index (χ4v) is 2.26. The zero-order valence-electron chi connectivity index (χ0n) is 11.4. The summed E-state index contributed by atoms with van der Waals surface area (Å²) in [6.45, 7) is 6.00. The fourth-order valence-electron chi connectivity index (χ4n) is 2.26. The van der Waals surface area contributed by atoms with Gasteiger partial charge in [0.15, 0.2) is 0 Å². The van der Waals surface area contributed by atoms with E-state index in [1.165, 1.54) is 0 Å². The van der Waals surface area contributed by atoms with Gasteiger partial charge in [-0.2, -0.15) is 4.98 Å². The van der Waals surface area contributed by atoms with Gasteiger partial charge in [-0.05, 0) is 32.6 Å². The van der Waals surface area contributed by atoms with Crippen molar-refractivity contribution in [3.8, 4) is 0 Å². The van der Waals surface area contributed by atoms with E-state index in [-0.39, 0.29) is 0 Å². The number of nitrogens with zero attached hydrogens (tertiary/aromatic N) is 2. The Hall–Kier alpha value is -1.36. The van der Waals surface area contributed by atoms with Crippen LogP contribution in [0, 0.1) is 12.8 Å². The van der Waals surface area contributed by atoms with E-state index < -0.39 is 0 Å². The van der Waals surface area contributed by atoms with Crippen molar-refractivity contribution in [2.75, 3.05) is 30.9 Å². The molecule has 0 spiro atoms. The van der Waals surface area contributed by atoms with Crippen LogP contribution in [0.25, 0.3) is 0 Å². The minimum atomic E-state index is 0.409. The van der Waals surface area contributed by atoms with Gasteiger partial charge in [0.2, 0.25) is 5.95 Å². The second-order valence-corrected chi connectivity index (χ2v) is 4.86. The summed E-state index contributed by atoms with van der Waals surface area (Å²) in [6, 6.07) is 0.409. The van der Waals surface area contributed by atoms with Gasteiger partial charge in [-0.15, -0.1) is 0 Å². The molecule has 5 heteroatoms. The number of aromatic nitrogens is 2. The molecule has 1 saturated heterocycles. The maximum atomic E-state index is 5.40. The summed E-state index contributed by atoms with van der Waals surface area (Å²) in [5, 5.41) is 6.47. The molecule has 0 amide bonds. The average Bonchev–Trinajstić information content (AvgIpc) is 2.42. The predicted octanol–water partition coefficient (Wildman–Crippen LogP) is 2.05. The molecule has 2 N–H and O–H groups in total. The van der Waals surface area contributed by atoms with Crippen LogP contribution in [0.4, 0.5) is 11.8 Å². The summed E-state index contributed by atoms with van der Waals surface area (Å²) in [5.74, 6) is 2.24. The second-order valence-electron chi connectivity index (χ2n) is 4.86. The Balaban J connectivity index is 2.03. The van der Waals surface area contributed by atoms with E-state index in [0.717, 1.165) is 37.4 Å². The zero-order valence-corrected chi connectivity index (χ0v) is 11.4. The lowest BCUT2D eigenvalue weighted by Crippen LogP contribution is -2.31. The first kappa shape index (κ1) is 13.1. The van der Waals surface area contributed by atoms with Crippen LogP contribution in [-0.4, -0.2) is 36.3 Å². The lowest BCUT2D eigenvalue weighted by atomic mass is 9.93. The average molecular weight is 250 g/mol. The molecular weight excluding hydrogens is 228 g/mol. The first-order chi connectivity index (χ1) is 8.70. The third kappa shape index (κ3) is 3.10. The maximum absolute atomic E-state index is 5.40. The second kappa shape index (κ2) is 6.00. The van der Waals surface area contributed by atoms with Gasteiger partial charge in [0.25, 0.3) is 0 Å². The Bertz CT molecular complexity index is 391. The van der Waals surface area contributed by atoms with E-state index in [2.05, 4.69) is 27.5 Å². The van der Waals surface area contributed by atoms with Crippen LogP contribution >= 0.6 is 0 Å². The zero-order chi connectivity index (χ0) is 13.0. The molecular formula is C13H22N4O. The van der Waals surface area contributed by atoms with Crippen molar-refractivity contribution in [1.82, 2.24) is 9.97 Å². The highest BCUT2D eigenvalue weighted by Gasteiger charge is 2.21. The highest BCUT2D eigenvalue weighted by molar-refractivity contribution is 5.46. The van der Waals surface area contributed by atoms with Crippen molar-refractivity contribution in [2.24, 2.45) is 5.92 Å². The molecule has 1 aromatic rings. The van der Waals surface area contributed by atoms with Gasteiger partial charge < -0.3 is 15.4 Å². The van der Waals surface area contributed by atoms with Crippen LogP contribution in [0.15, 0.2) is 6.20 Å². The molecule has 2 rings (SSSR count).